The predicted octanol–water partition coefficient (Wildman–Crippen LogP) is 2.83. The Hall–Kier alpha value is -2.95. The Morgan fingerprint density at radius 2 is 1.64 bits per heavy atom. The Balaban J connectivity index is 1.59. The second kappa shape index (κ2) is 7.30. The van der Waals surface area contributed by atoms with Gasteiger partial charge in [-0.15, -0.1) is 0 Å². The molecule has 1 aliphatic heterocycles. The molecule has 0 unspecified atom stereocenters. The molecule has 1 N–H and O–H groups in total. The fourth-order valence-electron chi connectivity index (χ4n) is 2.86. The van der Waals surface area contributed by atoms with Gasteiger partial charge >= 0.3 is 0 Å². The Bertz CT molecular complexity index is 796. The molecule has 5 heteroatoms. The summed E-state index contributed by atoms with van der Waals surface area (Å²) >= 11 is 0. The number of amides is 3. The highest BCUT2D eigenvalue weighted by Crippen LogP contribution is 2.18. The third-order valence-electron chi connectivity index (χ3n) is 4.35. The molecule has 1 heterocycles. The molecule has 0 aliphatic carbocycles. The Labute approximate surface area is 146 Å². The minimum atomic E-state index is -0.124. The molecule has 0 saturated carbocycles. The van der Waals surface area contributed by atoms with Crippen molar-refractivity contribution < 1.29 is 14.4 Å². The summed E-state index contributed by atoms with van der Waals surface area (Å²) in [6.45, 7) is 2.27. The predicted molar refractivity (Wildman–Crippen MR) is 94.7 cm³/mol. The molecule has 3 rings (SSSR count). The summed E-state index contributed by atoms with van der Waals surface area (Å²) in [4.78, 5) is 36.8. The first-order chi connectivity index (χ1) is 12.0. The topological polar surface area (TPSA) is 66.5 Å². The highest BCUT2D eigenvalue weighted by Gasteiger charge is 2.28. The van der Waals surface area contributed by atoms with Crippen LogP contribution in [0.3, 0.4) is 0 Å². The van der Waals surface area contributed by atoms with Crippen LogP contribution in [-0.2, 0) is 27.3 Å². The lowest BCUT2D eigenvalue weighted by Gasteiger charge is -2.14. The lowest BCUT2D eigenvalue weighted by Crippen LogP contribution is -2.28. The van der Waals surface area contributed by atoms with E-state index in [9.17, 15) is 14.4 Å². The lowest BCUT2D eigenvalue weighted by molar-refractivity contribution is -0.139. The number of carbonyl (C=O) groups excluding carboxylic acids is 3. The number of imide groups is 1. The molecule has 2 aromatic carbocycles. The molecule has 0 bridgehead atoms. The molecule has 25 heavy (non-hydrogen) atoms. The number of hydrogen-bond donors (Lipinski definition) is 1. The van der Waals surface area contributed by atoms with Crippen molar-refractivity contribution in [2.24, 2.45) is 0 Å². The first-order valence-electron chi connectivity index (χ1n) is 8.29. The maximum absolute atomic E-state index is 12.2. The third kappa shape index (κ3) is 4.12. The first-order valence-corrected chi connectivity index (χ1v) is 8.29. The van der Waals surface area contributed by atoms with Crippen LogP contribution in [0.2, 0.25) is 0 Å². The van der Waals surface area contributed by atoms with Gasteiger partial charge < -0.3 is 5.32 Å². The van der Waals surface area contributed by atoms with Crippen LogP contribution in [0.1, 0.15) is 29.5 Å². The number of nitrogens with one attached hydrogen (secondary N) is 1. The van der Waals surface area contributed by atoms with Gasteiger partial charge in [-0.3, -0.25) is 19.3 Å². The number of anilines is 1. The summed E-state index contributed by atoms with van der Waals surface area (Å²) in [7, 11) is 0. The third-order valence-corrected chi connectivity index (χ3v) is 4.35. The Kier molecular flexibility index (Phi) is 4.93. The lowest BCUT2D eigenvalue weighted by atomic mass is 10.1. The molecule has 128 valence electrons. The molecule has 3 amide bonds. The van der Waals surface area contributed by atoms with E-state index in [1.165, 1.54) is 4.90 Å². The fourth-order valence-corrected chi connectivity index (χ4v) is 2.86. The molecule has 0 atom stereocenters. The van der Waals surface area contributed by atoms with Crippen LogP contribution in [-0.4, -0.2) is 22.6 Å². The second-order valence-corrected chi connectivity index (χ2v) is 6.22. The van der Waals surface area contributed by atoms with Crippen LogP contribution in [0.25, 0.3) is 0 Å². The fraction of sp³-hybridized carbons (Fsp3) is 0.250. The van der Waals surface area contributed by atoms with Crippen molar-refractivity contribution in [2.45, 2.75) is 32.7 Å². The molecular formula is C20H20N2O3. The van der Waals surface area contributed by atoms with Gasteiger partial charge in [-0.25, -0.2) is 0 Å². The molecule has 0 aromatic heterocycles. The van der Waals surface area contributed by atoms with Crippen molar-refractivity contribution in [3.05, 3.63) is 65.2 Å². The first kappa shape index (κ1) is 16.9. The van der Waals surface area contributed by atoms with Crippen LogP contribution in [0.15, 0.2) is 48.5 Å². The zero-order valence-corrected chi connectivity index (χ0v) is 14.1. The molecule has 1 fully saturated rings. The normalized spacial score (nSPS) is 14.0. The number of nitrogens with zero attached hydrogens (tertiary/aromatic N) is 1. The standard InChI is InChI=1S/C20H20N2O3/c1-14-4-2-3-5-16(14)12-18(23)21-17-8-6-15(7-9-17)13-22-19(24)10-11-20(22)25/h2-9H,10-13H2,1H3,(H,21,23). The van der Waals surface area contributed by atoms with Crippen molar-refractivity contribution in [3.63, 3.8) is 0 Å². The van der Waals surface area contributed by atoms with Crippen molar-refractivity contribution in [2.75, 3.05) is 5.32 Å². The maximum Gasteiger partial charge on any atom is 0.229 e. The summed E-state index contributed by atoms with van der Waals surface area (Å²) in [5, 5.41) is 2.87. The zero-order valence-electron chi connectivity index (χ0n) is 14.1. The van der Waals surface area contributed by atoms with Gasteiger partial charge in [-0.2, -0.15) is 0 Å². The summed E-state index contributed by atoms with van der Waals surface area (Å²) in [6.07, 6.45) is 0.920. The van der Waals surface area contributed by atoms with E-state index in [1.807, 2.05) is 43.3 Å². The van der Waals surface area contributed by atoms with Crippen molar-refractivity contribution in [3.8, 4) is 0 Å². The molecule has 1 aliphatic rings. The highest BCUT2D eigenvalue weighted by atomic mass is 16.2. The van der Waals surface area contributed by atoms with Gasteiger partial charge in [0.2, 0.25) is 17.7 Å². The Morgan fingerprint density at radius 1 is 1.00 bits per heavy atom. The summed E-state index contributed by atoms with van der Waals surface area (Å²) < 4.78 is 0. The highest BCUT2D eigenvalue weighted by molar-refractivity contribution is 6.01. The smallest absolute Gasteiger partial charge is 0.229 e. The van der Waals surface area contributed by atoms with E-state index in [2.05, 4.69) is 5.32 Å². The van der Waals surface area contributed by atoms with E-state index < -0.39 is 0 Å². The number of benzene rings is 2. The summed E-state index contributed by atoms with van der Waals surface area (Å²) in [5.74, 6) is -0.326. The van der Waals surface area contributed by atoms with Crippen LogP contribution in [0.4, 0.5) is 5.69 Å². The molecule has 0 radical (unpaired) electrons. The molecule has 1 saturated heterocycles. The van der Waals surface area contributed by atoms with Gasteiger partial charge in [0.15, 0.2) is 0 Å². The monoisotopic (exact) mass is 336 g/mol. The van der Waals surface area contributed by atoms with Gasteiger partial charge in [0.1, 0.15) is 0 Å². The van der Waals surface area contributed by atoms with Crippen molar-refractivity contribution >= 4 is 23.4 Å². The minimum Gasteiger partial charge on any atom is -0.326 e. The quantitative estimate of drug-likeness (QED) is 0.854. The second-order valence-electron chi connectivity index (χ2n) is 6.22. The zero-order chi connectivity index (χ0) is 17.8. The number of aryl methyl sites for hydroxylation is 1. The van der Waals surface area contributed by atoms with Crippen molar-refractivity contribution in [1.82, 2.24) is 4.90 Å². The maximum atomic E-state index is 12.2. The van der Waals surface area contributed by atoms with E-state index in [4.69, 9.17) is 0 Å². The van der Waals surface area contributed by atoms with Crippen LogP contribution in [0.5, 0.6) is 0 Å². The number of carbonyl (C=O) groups is 3. The molecule has 2 aromatic rings. The van der Waals surface area contributed by atoms with Gasteiger partial charge in [-0.1, -0.05) is 36.4 Å². The number of rotatable bonds is 5. The van der Waals surface area contributed by atoms with Gasteiger partial charge in [0, 0.05) is 18.5 Å². The van der Waals surface area contributed by atoms with E-state index in [1.54, 1.807) is 12.1 Å². The Morgan fingerprint density at radius 3 is 2.28 bits per heavy atom. The van der Waals surface area contributed by atoms with E-state index in [-0.39, 0.29) is 24.3 Å². The summed E-state index contributed by atoms with van der Waals surface area (Å²) in [5.41, 5.74) is 3.65. The summed E-state index contributed by atoms with van der Waals surface area (Å²) in [6, 6.07) is 15.0. The largest absolute Gasteiger partial charge is 0.326 e. The number of likely N-dealkylation sites (tertiary alicyclic amines) is 1. The van der Waals surface area contributed by atoms with E-state index >= 15 is 0 Å². The minimum absolute atomic E-state index is 0.0769. The van der Waals surface area contributed by atoms with Crippen LogP contribution >= 0.6 is 0 Å². The van der Waals surface area contributed by atoms with Crippen molar-refractivity contribution in [1.29, 1.82) is 0 Å². The van der Waals surface area contributed by atoms with Crippen LogP contribution in [0, 0.1) is 6.92 Å². The average molecular weight is 336 g/mol. The molecule has 0 spiro atoms. The van der Waals surface area contributed by atoms with E-state index in [0.29, 0.717) is 24.9 Å². The molecule has 5 nitrogen and oxygen atoms in total. The average Bonchev–Trinajstić information content (AvgIpc) is 2.90. The van der Waals surface area contributed by atoms with E-state index in [0.717, 1.165) is 16.7 Å². The number of hydrogen-bond acceptors (Lipinski definition) is 3. The van der Waals surface area contributed by atoms with Gasteiger partial charge in [0.25, 0.3) is 0 Å². The SMILES string of the molecule is Cc1ccccc1CC(=O)Nc1ccc(CN2C(=O)CCC2=O)cc1. The van der Waals surface area contributed by atoms with Crippen LogP contribution < -0.4 is 5.32 Å². The molecular weight excluding hydrogens is 316 g/mol. The van der Waals surface area contributed by atoms with Gasteiger partial charge in [0.05, 0.1) is 13.0 Å². The van der Waals surface area contributed by atoms with Gasteiger partial charge in [-0.05, 0) is 35.7 Å².